The number of rotatable bonds is 3. The van der Waals surface area contributed by atoms with E-state index in [0.717, 1.165) is 12.1 Å². The highest BCUT2D eigenvalue weighted by atomic mass is 19.4. The second-order valence-corrected chi connectivity index (χ2v) is 4.48. The van der Waals surface area contributed by atoms with Crippen LogP contribution in [0, 0.1) is 0 Å². The SMILES string of the molecule is CCC(O)c1ccc(-c2ccc(C(F)(F)F)cc2)nc1. The zero-order valence-electron chi connectivity index (χ0n) is 10.9. The van der Waals surface area contributed by atoms with Crippen molar-refractivity contribution in [3.8, 4) is 11.3 Å². The Bertz CT molecular complexity index is 561. The van der Waals surface area contributed by atoms with E-state index in [1.807, 2.05) is 6.92 Å². The zero-order valence-corrected chi connectivity index (χ0v) is 10.9. The van der Waals surface area contributed by atoms with Gasteiger partial charge in [0.05, 0.1) is 17.4 Å². The minimum atomic E-state index is -4.33. The van der Waals surface area contributed by atoms with E-state index in [4.69, 9.17) is 0 Å². The van der Waals surface area contributed by atoms with Gasteiger partial charge in [0, 0.05) is 11.8 Å². The first-order valence-corrected chi connectivity index (χ1v) is 6.23. The van der Waals surface area contributed by atoms with E-state index in [2.05, 4.69) is 4.98 Å². The summed E-state index contributed by atoms with van der Waals surface area (Å²) < 4.78 is 37.4. The van der Waals surface area contributed by atoms with Crippen LogP contribution < -0.4 is 0 Å². The van der Waals surface area contributed by atoms with Crippen LogP contribution in [0.4, 0.5) is 13.2 Å². The van der Waals surface area contributed by atoms with Gasteiger partial charge in [-0.25, -0.2) is 0 Å². The maximum atomic E-state index is 12.5. The van der Waals surface area contributed by atoms with Crippen LogP contribution in [0.15, 0.2) is 42.6 Å². The predicted octanol–water partition coefficient (Wildman–Crippen LogP) is 4.21. The van der Waals surface area contributed by atoms with E-state index in [9.17, 15) is 18.3 Å². The summed E-state index contributed by atoms with van der Waals surface area (Å²) in [6.07, 6.45) is -2.77. The molecule has 20 heavy (non-hydrogen) atoms. The van der Waals surface area contributed by atoms with Gasteiger partial charge in [-0.1, -0.05) is 25.1 Å². The van der Waals surface area contributed by atoms with Crippen LogP contribution >= 0.6 is 0 Å². The van der Waals surface area contributed by atoms with Gasteiger partial charge in [-0.2, -0.15) is 13.2 Å². The molecule has 1 unspecified atom stereocenters. The molecule has 0 saturated carbocycles. The molecule has 0 aliphatic carbocycles. The Hall–Kier alpha value is -1.88. The lowest BCUT2D eigenvalue weighted by Crippen LogP contribution is -2.04. The second kappa shape index (κ2) is 5.63. The average Bonchev–Trinajstić information content (AvgIpc) is 2.46. The van der Waals surface area contributed by atoms with E-state index in [1.54, 1.807) is 18.3 Å². The first kappa shape index (κ1) is 14.5. The summed E-state index contributed by atoms with van der Waals surface area (Å²) in [6, 6.07) is 8.27. The van der Waals surface area contributed by atoms with E-state index < -0.39 is 17.8 Å². The molecule has 0 aliphatic heterocycles. The minimum absolute atomic E-state index is 0.566. The van der Waals surface area contributed by atoms with Crippen molar-refractivity contribution in [3.05, 3.63) is 53.7 Å². The summed E-state index contributed by atoms with van der Waals surface area (Å²) >= 11 is 0. The molecule has 1 N–H and O–H groups in total. The van der Waals surface area contributed by atoms with Crippen LogP contribution in [0.2, 0.25) is 0 Å². The summed E-state index contributed by atoms with van der Waals surface area (Å²) in [6.45, 7) is 1.86. The first-order valence-electron chi connectivity index (χ1n) is 6.23. The van der Waals surface area contributed by atoms with Crippen LogP contribution in [-0.2, 0) is 6.18 Å². The number of aliphatic hydroxyl groups excluding tert-OH is 1. The van der Waals surface area contributed by atoms with Gasteiger partial charge >= 0.3 is 6.18 Å². The molecule has 0 fully saturated rings. The van der Waals surface area contributed by atoms with Crippen molar-refractivity contribution >= 4 is 0 Å². The highest BCUT2D eigenvalue weighted by Crippen LogP contribution is 2.30. The number of pyridine rings is 1. The molecule has 1 atom stereocenters. The molecule has 1 heterocycles. The number of halogens is 3. The Kier molecular flexibility index (Phi) is 4.09. The number of alkyl halides is 3. The van der Waals surface area contributed by atoms with Crippen molar-refractivity contribution < 1.29 is 18.3 Å². The van der Waals surface area contributed by atoms with Crippen LogP contribution in [0.5, 0.6) is 0 Å². The van der Waals surface area contributed by atoms with Crippen LogP contribution in [0.1, 0.15) is 30.6 Å². The summed E-state index contributed by atoms with van der Waals surface area (Å²) in [4.78, 5) is 4.17. The molecule has 1 aromatic heterocycles. The average molecular weight is 281 g/mol. The fourth-order valence-corrected chi connectivity index (χ4v) is 1.84. The van der Waals surface area contributed by atoms with Crippen molar-refractivity contribution in [2.45, 2.75) is 25.6 Å². The van der Waals surface area contributed by atoms with Gasteiger partial charge in [-0.05, 0) is 30.2 Å². The number of aliphatic hydroxyl groups is 1. The quantitative estimate of drug-likeness (QED) is 0.914. The van der Waals surface area contributed by atoms with Crippen molar-refractivity contribution in [1.82, 2.24) is 4.98 Å². The van der Waals surface area contributed by atoms with E-state index >= 15 is 0 Å². The zero-order chi connectivity index (χ0) is 14.8. The summed E-state index contributed by atoms with van der Waals surface area (Å²) in [7, 11) is 0. The van der Waals surface area contributed by atoms with E-state index in [-0.39, 0.29) is 0 Å². The number of hydrogen-bond donors (Lipinski definition) is 1. The Labute approximate surface area is 114 Å². The maximum absolute atomic E-state index is 12.5. The monoisotopic (exact) mass is 281 g/mol. The number of aromatic nitrogens is 1. The fraction of sp³-hybridized carbons (Fsp3) is 0.267. The van der Waals surface area contributed by atoms with Gasteiger partial charge in [-0.15, -0.1) is 0 Å². The smallest absolute Gasteiger partial charge is 0.388 e. The lowest BCUT2D eigenvalue weighted by Gasteiger charge is -2.09. The molecule has 2 rings (SSSR count). The number of benzene rings is 1. The van der Waals surface area contributed by atoms with Gasteiger partial charge in [0.1, 0.15) is 0 Å². The summed E-state index contributed by atoms with van der Waals surface area (Å²) in [5, 5.41) is 9.65. The van der Waals surface area contributed by atoms with E-state index in [0.29, 0.717) is 23.2 Å². The fourth-order valence-electron chi connectivity index (χ4n) is 1.84. The third kappa shape index (κ3) is 3.17. The van der Waals surface area contributed by atoms with Gasteiger partial charge < -0.3 is 5.11 Å². The van der Waals surface area contributed by atoms with Crippen molar-refractivity contribution in [1.29, 1.82) is 0 Å². The molecular formula is C15H14F3NO. The maximum Gasteiger partial charge on any atom is 0.416 e. The molecule has 0 aliphatic rings. The number of nitrogens with zero attached hydrogens (tertiary/aromatic N) is 1. The normalized spacial score (nSPS) is 13.2. The number of hydrogen-bond acceptors (Lipinski definition) is 2. The molecule has 106 valence electrons. The third-order valence-electron chi connectivity index (χ3n) is 3.07. The van der Waals surface area contributed by atoms with Gasteiger partial charge in [0.15, 0.2) is 0 Å². The molecular weight excluding hydrogens is 267 g/mol. The van der Waals surface area contributed by atoms with Crippen molar-refractivity contribution in [2.75, 3.05) is 0 Å². The molecule has 1 aromatic carbocycles. The highest BCUT2D eigenvalue weighted by Gasteiger charge is 2.29. The molecule has 0 saturated heterocycles. The predicted molar refractivity (Wildman–Crippen MR) is 69.9 cm³/mol. The summed E-state index contributed by atoms with van der Waals surface area (Å²) in [5.41, 5.74) is 1.20. The molecule has 0 spiro atoms. The van der Waals surface area contributed by atoms with Crippen LogP contribution in [0.25, 0.3) is 11.3 Å². The molecule has 2 nitrogen and oxygen atoms in total. The first-order chi connectivity index (χ1) is 9.41. The summed E-state index contributed by atoms with van der Waals surface area (Å²) in [5.74, 6) is 0. The highest BCUT2D eigenvalue weighted by molar-refractivity contribution is 5.59. The van der Waals surface area contributed by atoms with Gasteiger partial charge in [0.2, 0.25) is 0 Å². The lowest BCUT2D eigenvalue weighted by atomic mass is 10.1. The Morgan fingerprint density at radius 2 is 1.75 bits per heavy atom. The Morgan fingerprint density at radius 3 is 2.20 bits per heavy atom. The van der Waals surface area contributed by atoms with Gasteiger partial charge in [0.25, 0.3) is 0 Å². The topological polar surface area (TPSA) is 33.1 Å². The standard InChI is InChI=1S/C15H14F3NO/c1-2-14(20)11-5-8-13(19-9-11)10-3-6-12(7-4-10)15(16,17)18/h3-9,14,20H,2H2,1H3. The van der Waals surface area contributed by atoms with Crippen molar-refractivity contribution in [3.63, 3.8) is 0 Å². The molecule has 2 aromatic rings. The van der Waals surface area contributed by atoms with Gasteiger partial charge in [-0.3, -0.25) is 4.98 Å². The lowest BCUT2D eigenvalue weighted by molar-refractivity contribution is -0.137. The third-order valence-corrected chi connectivity index (χ3v) is 3.07. The largest absolute Gasteiger partial charge is 0.416 e. The van der Waals surface area contributed by atoms with E-state index in [1.165, 1.54) is 12.1 Å². The minimum Gasteiger partial charge on any atom is -0.388 e. The molecule has 0 bridgehead atoms. The van der Waals surface area contributed by atoms with Crippen LogP contribution in [0.3, 0.4) is 0 Å². The molecule has 0 amide bonds. The van der Waals surface area contributed by atoms with Crippen LogP contribution in [-0.4, -0.2) is 10.1 Å². The van der Waals surface area contributed by atoms with Crippen molar-refractivity contribution in [2.24, 2.45) is 0 Å². The second-order valence-electron chi connectivity index (χ2n) is 4.48. The molecule has 0 radical (unpaired) electrons. The Balaban J connectivity index is 2.24. The Morgan fingerprint density at radius 1 is 1.10 bits per heavy atom. The molecule has 5 heteroatoms.